The van der Waals surface area contributed by atoms with E-state index in [2.05, 4.69) is 26.8 Å². The Morgan fingerprint density at radius 3 is 2.45 bits per heavy atom. The van der Waals surface area contributed by atoms with Crippen LogP contribution in [0.25, 0.3) is 0 Å². The molecule has 2 N–H and O–H groups in total. The Hall–Kier alpha value is -2.34. The van der Waals surface area contributed by atoms with Crippen LogP contribution < -0.4 is 10.9 Å². The first-order valence-corrected chi connectivity index (χ1v) is 7.46. The predicted octanol–water partition coefficient (Wildman–Crippen LogP) is 2.94. The zero-order chi connectivity index (χ0) is 15.9. The van der Waals surface area contributed by atoms with Gasteiger partial charge in [-0.1, -0.05) is 52.3 Å². The van der Waals surface area contributed by atoms with Gasteiger partial charge in [0.2, 0.25) is 0 Å². The standard InChI is InChI=1S/C16H16BrN3O2/c1-20(11-12-6-3-2-4-7-12)16(22)19-18-15(21)13-8-5-9-14(17)10-13/h2-10H,11H2,1H3,(H,18,21)(H,19,22). The summed E-state index contributed by atoms with van der Waals surface area (Å²) in [5.41, 5.74) is 6.26. The van der Waals surface area contributed by atoms with Gasteiger partial charge in [0.05, 0.1) is 0 Å². The predicted molar refractivity (Wildman–Crippen MR) is 88.0 cm³/mol. The number of hydrogen-bond donors (Lipinski definition) is 2. The molecule has 0 saturated heterocycles. The largest absolute Gasteiger partial charge is 0.336 e. The quantitative estimate of drug-likeness (QED) is 0.825. The SMILES string of the molecule is CN(Cc1ccccc1)C(=O)NNC(=O)c1cccc(Br)c1. The molecule has 2 aromatic rings. The Labute approximate surface area is 137 Å². The zero-order valence-corrected chi connectivity index (χ0v) is 13.6. The lowest BCUT2D eigenvalue weighted by atomic mass is 10.2. The van der Waals surface area contributed by atoms with E-state index in [0.29, 0.717) is 12.1 Å². The molecule has 2 aromatic carbocycles. The number of benzene rings is 2. The van der Waals surface area contributed by atoms with Crippen LogP contribution in [0.4, 0.5) is 4.79 Å². The number of carbonyl (C=O) groups excluding carboxylic acids is 2. The van der Waals surface area contributed by atoms with Crippen molar-refractivity contribution in [2.24, 2.45) is 0 Å². The number of rotatable bonds is 3. The average molecular weight is 362 g/mol. The normalized spacial score (nSPS) is 9.91. The van der Waals surface area contributed by atoms with Crippen molar-refractivity contribution in [1.82, 2.24) is 15.8 Å². The van der Waals surface area contributed by atoms with Gasteiger partial charge >= 0.3 is 6.03 Å². The highest BCUT2D eigenvalue weighted by atomic mass is 79.9. The summed E-state index contributed by atoms with van der Waals surface area (Å²) in [7, 11) is 1.66. The van der Waals surface area contributed by atoms with Gasteiger partial charge in [0, 0.05) is 23.6 Å². The molecule has 114 valence electrons. The number of amides is 3. The molecule has 0 radical (unpaired) electrons. The molecular formula is C16H16BrN3O2. The fraction of sp³-hybridized carbons (Fsp3) is 0.125. The minimum absolute atomic E-state index is 0.372. The molecule has 3 amide bonds. The van der Waals surface area contributed by atoms with Crippen LogP contribution in [0.3, 0.4) is 0 Å². The molecular weight excluding hydrogens is 346 g/mol. The third-order valence-electron chi connectivity index (χ3n) is 2.98. The van der Waals surface area contributed by atoms with Gasteiger partial charge in [-0.25, -0.2) is 10.2 Å². The third kappa shape index (κ3) is 4.60. The number of halogens is 1. The van der Waals surface area contributed by atoms with E-state index in [0.717, 1.165) is 10.0 Å². The summed E-state index contributed by atoms with van der Waals surface area (Å²) in [4.78, 5) is 25.3. The minimum Gasteiger partial charge on any atom is -0.322 e. The van der Waals surface area contributed by atoms with E-state index >= 15 is 0 Å². The van der Waals surface area contributed by atoms with Crippen molar-refractivity contribution >= 4 is 27.9 Å². The van der Waals surface area contributed by atoms with Crippen LogP contribution in [0.1, 0.15) is 15.9 Å². The molecule has 0 aliphatic carbocycles. The second kappa shape index (κ2) is 7.61. The molecule has 0 aliphatic rings. The summed E-state index contributed by atoms with van der Waals surface area (Å²) in [6.07, 6.45) is 0. The monoisotopic (exact) mass is 361 g/mol. The van der Waals surface area contributed by atoms with E-state index < -0.39 is 0 Å². The van der Waals surface area contributed by atoms with Gasteiger partial charge in [0.25, 0.3) is 5.91 Å². The average Bonchev–Trinajstić information content (AvgIpc) is 2.53. The maximum Gasteiger partial charge on any atom is 0.336 e. The molecule has 0 aliphatic heterocycles. The van der Waals surface area contributed by atoms with Crippen molar-refractivity contribution in [3.05, 3.63) is 70.2 Å². The topological polar surface area (TPSA) is 61.4 Å². The third-order valence-corrected chi connectivity index (χ3v) is 3.47. The summed E-state index contributed by atoms with van der Waals surface area (Å²) in [5, 5.41) is 0. The Kier molecular flexibility index (Phi) is 5.55. The van der Waals surface area contributed by atoms with Crippen molar-refractivity contribution in [2.75, 3.05) is 7.05 Å². The number of hydrazine groups is 1. The molecule has 0 fully saturated rings. The Balaban J connectivity index is 1.85. The summed E-state index contributed by atoms with van der Waals surface area (Å²) >= 11 is 3.30. The molecule has 2 rings (SSSR count). The van der Waals surface area contributed by atoms with Crippen LogP contribution in [-0.4, -0.2) is 23.9 Å². The van der Waals surface area contributed by atoms with Gasteiger partial charge in [-0.15, -0.1) is 0 Å². The second-order valence-corrected chi connectivity index (χ2v) is 5.65. The first-order valence-electron chi connectivity index (χ1n) is 6.67. The lowest BCUT2D eigenvalue weighted by Gasteiger charge is -2.18. The maximum absolute atomic E-state index is 11.9. The van der Waals surface area contributed by atoms with Gasteiger partial charge in [-0.3, -0.25) is 10.2 Å². The Bertz CT molecular complexity index is 661. The smallest absolute Gasteiger partial charge is 0.322 e. The Morgan fingerprint density at radius 1 is 1.05 bits per heavy atom. The molecule has 22 heavy (non-hydrogen) atoms. The van der Waals surface area contributed by atoms with E-state index in [1.165, 1.54) is 4.90 Å². The molecule has 5 nitrogen and oxygen atoms in total. The fourth-order valence-electron chi connectivity index (χ4n) is 1.84. The van der Waals surface area contributed by atoms with Gasteiger partial charge in [0.15, 0.2) is 0 Å². The van der Waals surface area contributed by atoms with E-state index in [9.17, 15) is 9.59 Å². The molecule has 0 bridgehead atoms. The lowest BCUT2D eigenvalue weighted by Crippen LogP contribution is -2.47. The van der Waals surface area contributed by atoms with Crippen LogP contribution >= 0.6 is 15.9 Å². The summed E-state index contributed by atoms with van der Waals surface area (Å²) in [5.74, 6) is -0.372. The lowest BCUT2D eigenvalue weighted by molar-refractivity contribution is 0.0931. The summed E-state index contributed by atoms with van der Waals surface area (Å²) < 4.78 is 0.799. The number of carbonyl (C=O) groups is 2. The molecule has 6 heteroatoms. The molecule has 0 spiro atoms. The first kappa shape index (κ1) is 16.0. The first-order chi connectivity index (χ1) is 10.6. The van der Waals surface area contributed by atoms with Crippen LogP contribution in [0.2, 0.25) is 0 Å². The highest BCUT2D eigenvalue weighted by molar-refractivity contribution is 9.10. The zero-order valence-electron chi connectivity index (χ0n) is 12.0. The van der Waals surface area contributed by atoms with Crippen molar-refractivity contribution < 1.29 is 9.59 Å². The van der Waals surface area contributed by atoms with Gasteiger partial charge < -0.3 is 4.90 Å². The van der Waals surface area contributed by atoms with E-state index in [1.54, 1.807) is 25.2 Å². The molecule has 0 unspecified atom stereocenters. The molecule has 0 saturated carbocycles. The van der Waals surface area contributed by atoms with E-state index in [4.69, 9.17) is 0 Å². The number of hydrogen-bond acceptors (Lipinski definition) is 2. The van der Waals surface area contributed by atoms with Crippen LogP contribution in [0, 0.1) is 0 Å². The maximum atomic E-state index is 11.9. The number of nitrogens with zero attached hydrogens (tertiary/aromatic N) is 1. The summed E-state index contributed by atoms with van der Waals surface area (Å²) in [6, 6.07) is 16.1. The highest BCUT2D eigenvalue weighted by Crippen LogP contribution is 2.11. The van der Waals surface area contributed by atoms with Crippen molar-refractivity contribution in [2.45, 2.75) is 6.54 Å². The van der Waals surface area contributed by atoms with Gasteiger partial charge in [-0.2, -0.15) is 0 Å². The van der Waals surface area contributed by atoms with Crippen LogP contribution in [-0.2, 0) is 6.54 Å². The van der Waals surface area contributed by atoms with Gasteiger partial charge in [0.1, 0.15) is 0 Å². The van der Waals surface area contributed by atoms with Crippen molar-refractivity contribution in [3.63, 3.8) is 0 Å². The van der Waals surface area contributed by atoms with Crippen LogP contribution in [0.15, 0.2) is 59.1 Å². The fourth-order valence-corrected chi connectivity index (χ4v) is 2.24. The molecule has 0 atom stereocenters. The van der Waals surface area contributed by atoms with Crippen molar-refractivity contribution in [1.29, 1.82) is 0 Å². The second-order valence-electron chi connectivity index (χ2n) is 4.74. The van der Waals surface area contributed by atoms with Crippen molar-refractivity contribution in [3.8, 4) is 0 Å². The Morgan fingerprint density at radius 2 is 1.77 bits per heavy atom. The van der Waals surface area contributed by atoms with E-state index in [-0.39, 0.29) is 11.9 Å². The molecule has 0 heterocycles. The number of nitrogens with one attached hydrogen (secondary N) is 2. The summed E-state index contributed by atoms with van der Waals surface area (Å²) in [6.45, 7) is 0.458. The van der Waals surface area contributed by atoms with Gasteiger partial charge in [-0.05, 0) is 23.8 Å². The number of urea groups is 1. The highest BCUT2D eigenvalue weighted by Gasteiger charge is 2.11. The minimum atomic E-state index is -0.382. The van der Waals surface area contributed by atoms with E-state index in [1.807, 2.05) is 36.4 Å². The molecule has 0 aromatic heterocycles. The van der Waals surface area contributed by atoms with Crippen LogP contribution in [0.5, 0.6) is 0 Å².